The Kier molecular flexibility index (Phi) is 6.55. The van der Waals surface area contributed by atoms with E-state index in [1.165, 1.54) is 0 Å². The van der Waals surface area contributed by atoms with E-state index in [1.54, 1.807) is 6.92 Å². The quantitative estimate of drug-likeness (QED) is 0.330. The van der Waals surface area contributed by atoms with Crippen LogP contribution >= 0.6 is 0 Å². The molecule has 0 aliphatic carbocycles. The van der Waals surface area contributed by atoms with Gasteiger partial charge in [-0.1, -0.05) is 19.4 Å². The second-order valence-corrected chi connectivity index (χ2v) is 4.80. The van der Waals surface area contributed by atoms with Gasteiger partial charge in [0.2, 0.25) is 0 Å². The Morgan fingerprint density at radius 3 is 1.64 bits per heavy atom. The lowest BCUT2D eigenvalue weighted by Crippen LogP contribution is -2.67. The van der Waals surface area contributed by atoms with Crippen molar-refractivity contribution in [2.24, 2.45) is 0 Å². The molecular formula is C12H11F11O2. The summed E-state index contributed by atoms with van der Waals surface area (Å²) in [5.41, 5.74) is -0.761. The summed E-state index contributed by atoms with van der Waals surface area (Å²) < 4.78 is 142. The first-order chi connectivity index (χ1) is 10.9. The third kappa shape index (κ3) is 4.17. The average Bonchev–Trinajstić information content (AvgIpc) is 2.42. The molecular weight excluding hydrogens is 385 g/mol. The van der Waals surface area contributed by atoms with Crippen molar-refractivity contribution in [3.8, 4) is 0 Å². The summed E-state index contributed by atoms with van der Waals surface area (Å²) in [5, 5.41) is 0. The van der Waals surface area contributed by atoms with Crippen molar-refractivity contribution in [1.82, 2.24) is 0 Å². The molecule has 0 bridgehead atoms. The molecule has 0 N–H and O–H groups in total. The van der Waals surface area contributed by atoms with Gasteiger partial charge in [0.05, 0.1) is 0 Å². The number of allylic oxidation sites excluding steroid dienone is 1. The molecule has 0 aliphatic rings. The minimum absolute atomic E-state index is 0.0607. The van der Waals surface area contributed by atoms with Crippen molar-refractivity contribution < 1.29 is 57.8 Å². The van der Waals surface area contributed by atoms with Crippen LogP contribution in [0.15, 0.2) is 11.6 Å². The predicted octanol–water partition coefficient (Wildman–Crippen LogP) is 5.34. The summed E-state index contributed by atoms with van der Waals surface area (Å²) in [4.78, 5) is 11.1. The van der Waals surface area contributed by atoms with Crippen LogP contribution in [0, 0.1) is 0 Å². The molecule has 0 aliphatic heterocycles. The first-order valence-corrected chi connectivity index (χ1v) is 6.35. The first-order valence-electron chi connectivity index (χ1n) is 6.35. The summed E-state index contributed by atoms with van der Waals surface area (Å²) in [6, 6.07) is 0. The summed E-state index contributed by atoms with van der Waals surface area (Å²) in [7, 11) is 0. The Morgan fingerprint density at radius 2 is 1.28 bits per heavy atom. The highest BCUT2D eigenvalue weighted by Crippen LogP contribution is 2.57. The van der Waals surface area contributed by atoms with Crippen LogP contribution in [0.25, 0.3) is 0 Å². The number of carbonyl (C=O) groups is 1. The van der Waals surface area contributed by atoms with Gasteiger partial charge in [-0.25, -0.2) is 4.79 Å². The fourth-order valence-electron chi connectivity index (χ4n) is 1.26. The van der Waals surface area contributed by atoms with Gasteiger partial charge in [0.25, 0.3) is 0 Å². The van der Waals surface area contributed by atoms with Gasteiger partial charge in [0, 0.05) is 5.57 Å². The van der Waals surface area contributed by atoms with Crippen LogP contribution in [0.4, 0.5) is 48.3 Å². The molecule has 13 heteroatoms. The molecule has 25 heavy (non-hydrogen) atoms. The van der Waals surface area contributed by atoms with Crippen LogP contribution in [-0.4, -0.2) is 36.0 Å². The van der Waals surface area contributed by atoms with Gasteiger partial charge < -0.3 is 4.74 Å². The molecule has 0 aromatic carbocycles. The molecule has 0 radical (unpaired) electrons. The molecule has 0 aromatic heterocycles. The molecule has 0 rings (SSSR count). The van der Waals surface area contributed by atoms with Crippen LogP contribution in [0.5, 0.6) is 0 Å². The molecule has 2 nitrogen and oxygen atoms in total. The number of carbonyl (C=O) groups excluding carboxylic acids is 1. The minimum atomic E-state index is -7.61. The largest absolute Gasteiger partial charge is 0.473 e. The Bertz CT molecular complexity index is 520. The average molecular weight is 396 g/mol. The number of rotatable bonds is 7. The number of hydrogen-bond donors (Lipinski definition) is 0. The number of esters is 1. The first kappa shape index (κ1) is 23.4. The van der Waals surface area contributed by atoms with E-state index in [-0.39, 0.29) is 6.42 Å². The van der Waals surface area contributed by atoms with Crippen LogP contribution < -0.4 is 0 Å². The zero-order valence-corrected chi connectivity index (χ0v) is 12.5. The van der Waals surface area contributed by atoms with Crippen molar-refractivity contribution in [3.05, 3.63) is 11.6 Å². The lowest BCUT2D eigenvalue weighted by atomic mass is 10.0. The van der Waals surface area contributed by atoms with E-state index in [1.807, 2.05) is 0 Å². The SMILES string of the molecule is CCCC=C(C)C(=O)OC(F)(F)C(F)(F)C(F)(F)C(F)(F)C(F)(F)F. The molecule has 148 valence electrons. The van der Waals surface area contributed by atoms with Gasteiger partial charge >= 0.3 is 36.0 Å². The van der Waals surface area contributed by atoms with Crippen LogP contribution in [0.1, 0.15) is 26.7 Å². The fourth-order valence-corrected chi connectivity index (χ4v) is 1.26. The lowest BCUT2D eigenvalue weighted by Gasteiger charge is -2.36. The second-order valence-electron chi connectivity index (χ2n) is 4.80. The van der Waals surface area contributed by atoms with Gasteiger partial charge in [0.1, 0.15) is 0 Å². The summed E-state index contributed by atoms with van der Waals surface area (Å²) in [5.74, 6) is -24.8. The molecule has 0 fully saturated rings. The Labute approximate surface area is 133 Å². The van der Waals surface area contributed by atoms with Crippen LogP contribution in [0.2, 0.25) is 0 Å². The third-order valence-electron chi connectivity index (χ3n) is 2.79. The van der Waals surface area contributed by atoms with Gasteiger partial charge in [-0.15, -0.1) is 0 Å². The van der Waals surface area contributed by atoms with E-state index in [4.69, 9.17) is 0 Å². The molecule has 0 spiro atoms. The summed E-state index contributed by atoms with van der Waals surface area (Å²) >= 11 is 0. The maximum Gasteiger partial charge on any atom is 0.473 e. The van der Waals surface area contributed by atoms with E-state index in [0.29, 0.717) is 6.42 Å². The Balaban J connectivity index is 5.78. The number of halogens is 11. The van der Waals surface area contributed by atoms with E-state index in [2.05, 4.69) is 4.74 Å². The van der Waals surface area contributed by atoms with E-state index in [9.17, 15) is 53.1 Å². The van der Waals surface area contributed by atoms with Gasteiger partial charge in [-0.05, 0) is 13.3 Å². The van der Waals surface area contributed by atoms with E-state index in [0.717, 1.165) is 13.0 Å². The maximum atomic E-state index is 13.1. The van der Waals surface area contributed by atoms with Gasteiger partial charge in [-0.2, -0.15) is 48.3 Å². The number of unbranched alkanes of at least 4 members (excludes halogenated alkanes) is 1. The van der Waals surface area contributed by atoms with Crippen molar-refractivity contribution in [2.45, 2.75) is 56.7 Å². The van der Waals surface area contributed by atoms with E-state index >= 15 is 0 Å². The minimum Gasteiger partial charge on any atom is -0.393 e. The molecule has 0 saturated heterocycles. The number of alkyl halides is 11. The molecule has 0 heterocycles. The smallest absolute Gasteiger partial charge is 0.393 e. The highest BCUT2D eigenvalue weighted by atomic mass is 19.4. The lowest BCUT2D eigenvalue weighted by molar-refractivity contribution is -0.449. The highest BCUT2D eigenvalue weighted by Gasteiger charge is 2.88. The molecule has 0 amide bonds. The molecule has 0 atom stereocenters. The topological polar surface area (TPSA) is 26.3 Å². The van der Waals surface area contributed by atoms with Crippen molar-refractivity contribution in [3.63, 3.8) is 0 Å². The maximum absolute atomic E-state index is 13.1. The zero-order valence-electron chi connectivity index (χ0n) is 12.5. The predicted molar refractivity (Wildman–Crippen MR) is 60.6 cm³/mol. The summed E-state index contributed by atoms with van der Waals surface area (Å²) in [6.07, 6.45) is -12.6. The molecule has 0 aromatic rings. The molecule has 0 unspecified atom stereocenters. The fraction of sp³-hybridized carbons (Fsp3) is 0.750. The van der Waals surface area contributed by atoms with Gasteiger partial charge in [0.15, 0.2) is 0 Å². The van der Waals surface area contributed by atoms with Crippen LogP contribution in [0.3, 0.4) is 0 Å². The Morgan fingerprint density at radius 1 is 0.840 bits per heavy atom. The monoisotopic (exact) mass is 396 g/mol. The number of hydrogen-bond acceptors (Lipinski definition) is 2. The van der Waals surface area contributed by atoms with E-state index < -0.39 is 41.6 Å². The Hall–Kier alpha value is -1.56. The van der Waals surface area contributed by atoms with Crippen LogP contribution in [-0.2, 0) is 9.53 Å². The summed E-state index contributed by atoms with van der Waals surface area (Å²) in [6.45, 7) is 2.31. The van der Waals surface area contributed by atoms with Crippen molar-refractivity contribution in [1.29, 1.82) is 0 Å². The molecule has 0 saturated carbocycles. The van der Waals surface area contributed by atoms with Crippen molar-refractivity contribution >= 4 is 5.97 Å². The second kappa shape index (κ2) is 6.98. The van der Waals surface area contributed by atoms with Gasteiger partial charge in [-0.3, -0.25) is 0 Å². The highest BCUT2D eigenvalue weighted by molar-refractivity contribution is 5.87. The standard InChI is InChI=1S/C12H11F11O2/c1-3-4-5-6(2)7(24)25-12(22,23)10(17,18)8(13,14)9(15,16)11(19,20)21/h5H,3-4H2,1-2H3. The normalized spacial score (nSPS) is 15.3. The van der Waals surface area contributed by atoms with Crippen molar-refractivity contribution in [2.75, 3.05) is 0 Å². The zero-order chi connectivity index (χ0) is 20.5. The number of ether oxygens (including phenoxy) is 1. The third-order valence-corrected chi connectivity index (χ3v) is 2.79.